The van der Waals surface area contributed by atoms with E-state index in [-0.39, 0.29) is 11.3 Å². The van der Waals surface area contributed by atoms with Gasteiger partial charge in [-0.25, -0.2) is 12.7 Å². The molecule has 228 valence electrons. The minimum atomic E-state index is -4.19. The normalized spacial score (nSPS) is 17.2. The number of hydrogen-bond donors (Lipinski definition) is 0. The highest BCUT2D eigenvalue weighted by molar-refractivity contribution is 7.93. The number of nitrogens with zero attached hydrogens (tertiary/aromatic N) is 4. The second-order valence-electron chi connectivity index (χ2n) is 11.3. The van der Waals surface area contributed by atoms with Crippen LogP contribution in [0.15, 0.2) is 78.0 Å². The van der Waals surface area contributed by atoms with Crippen molar-refractivity contribution < 1.29 is 17.9 Å². The van der Waals surface area contributed by atoms with Crippen molar-refractivity contribution in [3.8, 4) is 5.75 Å². The highest BCUT2D eigenvalue weighted by Crippen LogP contribution is 2.31. The van der Waals surface area contributed by atoms with Crippen LogP contribution in [0.5, 0.6) is 5.75 Å². The number of likely N-dealkylation sites (tertiary alicyclic amines) is 2. The molecule has 1 amide bonds. The average Bonchev–Trinajstić information content (AvgIpc) is 3.05. The van der Waals surface area contributed by atoms with Gasteiger partial charge in [0, 0.05) is 24.9 Å². The Morgan fingerprint density at radius 3 is 2.33 bits per heavy atom. The van der Waals surface area contributed by atoms with E-state index in [9.17, 15) is 13.2 Å². The molecule has 2 aliphatic rings. The van der Waals surface area contributed by atoms with E-state index >= 15 is 0 Å². The summed E-state index contributed by atoms with van der Waals surface area (Å²) in [5, 5.41) is 0. The molecule has 3 aromatic rings. The van der Waals surface area contributed by atoms with Crippen molar-refractivity contribution in [2.45, 2.75) is 55.9 Å². The summed E-state index contributed by atoms with van der Waals surface area (Å²) < 4.78 is 34.3. The minimum absolute atomic E-state index is 0.0364. The first-order valence-electron chi connectivity index (χ1n) is 15.3. The molecule has 0 aliphatic carbocycles. The standard InChI is InChI=1S/C34H42N4O4S/c1-42-31-13-15-32(16-14-31)43(40,41)38(33-9-4-3-8-29(33)12-11-28-17-21-35-22-18-28)34(39)10-7-23-36-26-19-30(20-27-36)37-24-5-2-6-25-37/h3-4,8-9,11-18,21-22,30H,2,5-7,10,19-20,23-27H2,1H3. The molecule has 0 spiro atoms. The summed E-state index contributed by atoms with van der Waals surface area (Å²) in [6.07, 6.45) is 14.1. The number of piperidine rings is 2. The molecule has 0 saturated carbocycles. The van der Waals surface area contributed by atoms with Gasteiger partial charge in [0.05, 0.1) is 17.7 Å². The summed E-state index contributed by atoms with van der Waals surface area (Å²) >= 11 is 0. The van der Waals surface area contributed by atoms with Gasteiger partial charge in [-0.3, -0.25) is 9.78 Å². The summed E-state index contributed by atoms with van der Waals surface area (Å²) in [6.45, 7) is 5.25. The molecule has 9 heteroatoms. The van der Waals surface area contributed by atoms with Crippen LogP contribution in [-0.4, -0.2) is 75.0 Å². The van der Waals surface area contributed by atoms with Crippen molar-refractivity contribution in [1.29, 1.82) is 0 Å². The predicted octanol–water partition coefficient (Wildman–Crippen LogP) is 5.71. The van der Waals surface area contributed by atoms with Crippen molar-refractivity contribution in [3.63, 3.8) is 0 Å². The Kier molecular flexibility index (Phi) is 10.6. The number of amides is 1. The largest absolute Gasteiger partial charge is 0.497 e. The zero-order valence-corrected chi connectivity index (χ0v) is 25.8. The topological polar surface area (TPSA) is 83.0 Å². The van der Waals surface area contributed by atoms with Crippen molar-refractivity contribution in [1.82, 2.24) is 14.8 Å². The highest BCUT2D eigenvalue weighted by Gasteiger charge is 2.32. The van der Waals surface area contributed by atoms with E-state index in [2.05, 4.69) is 14.8 Å². The van der Waals surface area contributed by atoms with Crippen LogP contribution in [0.3, 0.4) is 0 Å². The van der Waals surface area contributed by atoms with Crippen LogP contribution in [-0.2, 0) is 14.8 Å². The molecular weight excluding hydrogens is 560 g/mol. The van der Waals surface area contributed by atoms with Gasteiger partial charge < -0.3 is 14.5 Å². The lowest BCUT2D eigenvalue weighted by atomic mass is 10.00. The van der Waals surface area contributed by atoms with Crippen LogP contribution in [0.4, 0.5) is 5.69 Å². The third-order valence-electron chi connectivity index (χ3n) is 8.47. The highest BCUT2D eigenvalue weighted by atomic mass is 32.2. The quantitative estimate of drug-likeness (QED) is 0.278. The van der Waals surface area contributed by atoms with Crippen LogP contribution in [0.1, 0.15) is 56.1 Å². The first-order valence-corrected chi connectivity index (χ1v) is 16.8. The van der Waals surface area contributed by atoms with E-state index < -0.39 is 15.9 Å². The van der Waals surface area contributed by atoms with Crippen LogP contribution >= 0.6 is 0 Å². The number of ether oxygens (including phenoxy) is 1. The molecule has 2 fully saturated rings. The third kappa shape index (κ3) is 7.90. The molecule has 2 aliphatic heterocycles. The molecule has 0 unspecified atom stereocenters. The number of rotatable bonds is 11. The molecule has 1 aromatic heterocycles. The van der Waals surface area contributed by atoms with E-state index in [0.29, 0.717) is 29.5 Å². The molecule has 0 atom stereocenters. The second-order valence-corrected chi connectivity index (χ2v) is 13.1. The molecule has 2 aromatic carbocycles. The fourth-order valence-electron chi connectivity index (χ4n) is 6.07. The van der Waals surface area contributed by atoms with E-state index in [1.54, 1.807) is 36.7 Å². The molecule has 0 radical (unpaired) electrons. The second kappa shape index (κ2) is 14.8. The number of carbonyl (C=O) groups excluding carboxylic acids is 1. The maximum atomic E-state index is 14.1. The van der Waals surface area contributed by atoms with Crippen molar-refractivity contribution in [2.24, 2.45) is 0 Å². The fraction of sp³-hybridized carbons (Fsp3) is 0.412. The number of para-hydroxylation sites is 1. The number of benzene rings is 2. The number of hydrogen-bond acceptors (Lipinski definition) is 7. The number of methoxy groups -OCH3 is 1. The van der Waals surface area contributed by atoms with Gasteiger partial charge in [0.1, 0.15) is 5.75 Å². The lowest BCUT2D eigenvalue weighted by Gasteiger charge is -2.40. The van der Waals surface area contributed by atoms with Gasteiger partial charge in [-0.15, -0.1) is 0 Å². The van der Waals surface area contributed by atoms with Gasteiger partial charge in [-0.2, -0.15) is 0 Å². The maximum absolute atomic E-state index is 14.1. The molecule has 0 bridgehead atoms. The summed E-state index contributed by atoms with van der Waals surface area (Å²) in [4.78, 5) is 23.0. The van der Waals surface area contributed by atoms with Crippen LogP contribution in [0.2, 0.25) is 0 Å². The van der Waals surface area contributed by atoms with Gasteiger partial charge in [0.25, 0.3) is 10.0 Å². The molecular formula is C34H42N4O4S. The van der Waals surface area contributed by atoms with Gasteiger partial charge >= 0.3 is 0 Å². The zero-order chi connectivity index (χ0) is 30.1. The first-order chi connectivity index (χ1) is 21.0. The Bertz CT molecular complexity index is 1460. The number of sulfonamides is 1. The maximum Gasteiger partial charge on any atom is 0.270 e. The molecule has 0 N–H and O–H groups in total. The van der Waals surface area contributed by atoms with Crippen molar-refractivity contribution in [3.05, 3.63) is 84.2 Å². The van der Waals surface area contributed by atoms with E-state index in [1.807, 2.05) is 36.4 Å². The SMILES string of the molecule is COc1ccc(S(=O)(=O)N(C(=O)CCCN2CCC(N3CCCCC3)CC2)c2ccccc2C=Cc2ccncc2)cc1. The Balaban J connectivity index is 1.32. The number of anilines is 1. The lowest BCUT2D eigenvalue weighted by molar-refractivity contribution is -0.117. The summed E-state index contributed by atoms with van der Waals surface area (Å²) in [5.41, 5.74) is 1.88. The Hall–Kier alpha value is -3.53. The molecule has 5 rings (SSSR count). The Morgan fingerprint density at radius 1 is 0.930 bits per heavy atom. The molecule has 8 nitrogen and oxygen atoms in total. The molecule has 43 heavy (non-hydrogen) atoms. The van der Waals surface area contributed by atoms with Crippen molar-refractivity contribution >= 4 is 33.8 Å². The summed E-state index contributed by atoms with van der Waals surface area (Å²) in [6, 6.07) is 17.7. The van der Waals surface area contributed by atoms with E-state index in [0.717, 1.165) is 42.3 Å². The van der Waals surface area contributed by atoms with Crippen molar-refractivity contribution in [2.75, 3.05) is 44.1 Å². The number of aromatic nitrogens is 1. The predicted molar refractivity (Wildman–Crippen MR) is 171 cm³/mol. The Labute approximate surface area is 256 Å². The van der Waals surface area contributed by atoms with Crippen LogP contribution < -0.4 is 9.04 Å². The first kappa shape index (κ1) is 30.9. The van der Waals surface area contributed by atoms with Crippen LogP contribution in [0.25, 0.3) is 12.2 Å². The van der Waals surface area contributed by atoms with Gasteiger partial charge in [0.15, 0.2) is 0 Å². The number of pyridine rings is 1. The average molecular weight is 603 g/mol. The van der Waals surface area contributed by atoms with E-state index in [1.165, 1.54) is 51.6 Å². The number of carbonyl (C=O) groups is 1. The van der Waals surface area contributed by atoms with Gasteiger partial charge in [-0.05, 0) is 118 Å². The zero-order valence-electron chi connectivity index (χ0n) is 25.0. The minimum Gasteiger partial charge on any atom is -0.497 e. The third-order valence-corrected chi connectivity index (χ3v) is 10.2. The monoisotopic (exact) mass is 602 g/mol. The molecule has 2 saturated heterocycles. The fourth-order valence-corrected chi connectivity index (χ4v) is 7.55. The summed E-state index contributed by atoms with van der Waals surface area (Å²) in [5.74, 6) is 0.102. The lowest BCUT2D eigenvalue weighted by Crippen LogP contribution is -2.47. The van der Waals surface area contributed by atoms with E-state index in [4.69, 9.17) is 4.74 Å². The van der Waals surface area contributed by atoms with Crippen LogP contribution in [0, 0.1) is 0 Å². The Morgan fingerprint density at radius 2 is 1.63 bits per heavy atom. The smallest absolute Gasteiger partial charge is 0.270 e. The van der Waals surface area contributed by atoms with Gasteiger partial charge in [-0.1, -0.05) is 36.8 Å². The summed E-state index contributed by atoms with van der Waals surface area (Å²) in [7, 11) is -2.66. The molecule has 3 heterocycles. The van der Waals surface area contributed by atoms with Gasteiger partial charge in [0.2, 0.25) is 5.91 Å².